The molecule has 0 bridgehead atoms. The molecule has 3 aromatic carbocycles. The SMILES string of the molecule is CN(CC(=O)NC(CCc1ccccc1)c1ccccc1)S(=O)(=O)c1ccccc1. The minimum absolute atomic E-state index is 0.170. The third-order valence-corrected chi connectivity index (χ3v) is 6.74. The van der Waals surface area contributed by atoms with Gasteiger partial charge in [-0.25, -0.2) is 8.42 Å². The molecular formula is C24H26N2O3S. The number of hydrogen-bond acceptors (Lipinski definition) is 3. The fraction of sp³-hybridized carbons (Fsp3) is 0.208. The average molecular weight is 423 g/mol. The smallest absolute Gasteiger partial charge is 0.243 e. The summed E-state index contributed by atoms with van der Waals surface area (Å²) in [5, 5.41) is 3.01. The summed E-state index contributed by atoms with van der Waals surface area (Å²) in [6, 6.07) is 27.8. The fourth-order valence-electron chi connectivity index (χ4n) is 3.26. The summed E-state index contributed by atoms with van der Waals surface area (Å²) in [6.45, 7) is -0.244. The zero-order chi connectivity index (χ0) is 21.4. The van der Waals surface area contributed by atoms with Gasteiger partial charge in [0.1, 0.15) is 0 Å². The Morgan fingerprint density at radius 3 is 2.00 bits per heavy atom. The molecule has 3 aromatic rings. The molecule has 6 heteroatoms. The zero-order valence-corrected chi connectivity index (χ0v) is 17.8. The van der Waals surface area contributed by atoms with Gasteiger partial charge in [0.05, 0.1) is 17.5 Å². The molecule has 1 N–H and O–H groups in total. The number of carbonyl (C=O) groups is 1. The van der Waals surface area contributed by atoms with Crippen molar-refractivity contribution < 1.29 is 13.2 Å². The standard InChI is InChI=1S/C24H26N2O3S/c1-26(30(28,29)22-15-9-4-10-16-22)19-24(27)25-23(21-13-7-3-8-14-21)18-17-20-11-5-2-6-12-20/h2-16,23H,17-19H2,1H3,(H,25,27). The minimum Gasteiger partial charge on any atom is -0.348 e. The maximum atomic E-state index is 12.7. The lowest BCUT2D eigenvalue weighted by molar-refractivity contribution is -0.121. The second-order valence-electron chi connectivity index (χ2n) is 7.13. The maximum Gasteiger partial charge on any atom is 0.243 e. The van der Waals surface area contributed by atoms with Crippen molar-refractivity contribution in [3.63, 3.8) is 0 Å². The molecule has 0 saturated heterocycles. The quantitative estimate of drug-likeness (QED) is 0.570. The molecule has 0 heterocycles. The maximum absolute atomic E-state index is 12.7. The Bertz CT molecular complexity index is 1040. The number of carbonyl (C=O) groups excluding carboxylic acids is 1. The predicted molar refractivity (Wildman–Crippen MR) is 118 cm³/mol. The number of nitrogens with one attached hydrogen (secondary N) is 1. The third-order valence-electron chi connectivity index (χ3n) is 4.92. The van der Waals surface area contributed by atoms with Crippen molar-refractivity contribution in [1.82, 2.24) is 9.62 Å². The monoisotopic (exact) mass is 422 g/mol. The highest BCUT2D eigenvalue weighted by atomic mass is 32.2. The first-order chi connectivity index (χ1) is 14.5. The molecule has 0 fully saturated rings. The van der Waals surface area contributed by atoms with Crippen molar-refractivity contribution >= 4 is 15.9 Å². The summed E-state index contributed by atoms with van der Waals surface area (Å²) in [4.78, 5) is 12.9. The predicted octanol–water partition coefficient (Wildman–Crippen LogP) is 3.80. The van der Waals surface area contributed by atoms with Crippen LogP contribution in [0.3, 0.4) is 0 Å². The lowest BCUT2D eigenvalue weighted by Crippen LogP contribution is -2.40. The van der Waals surface area contributed by atoms with Crippen LogP contribution in [0.25, 0.3) is 0 Å². The van der Waals surface area contributed by atoms with E-state index < -0.39 is 10.0 Å². The van der Waals surface area contributed by atoms with Gasteiger partial charge in [-0.2, -0.15) is 4.31 Å². The second-order valence-corrected chi connectivity index (χ2v) is 9.17. The summed E-state index contributed by atoms with van der Waals surface area (Å²) in [7, 11) is -2.30. The molecular weight excluding hydrogens is 396 g/mol. The molecule has 0 radical (unpaired) electrons. The Labute approximate surface area is 178 Å². The van der Waals surface area contributed by atoms with Crippen LogP contribution in [0, 0.1) is 0 Å². The van der Waals surface area contributed by atoms with Crippen molar-refractivity contribution in [2.75, 3.05) is 13.6 Å². The molecule has 0 aromatic heterocycles. The van der Waals surface area contributed by atoms with E-state index in [1.807, 2.05) is 48.5 Å². The van der Waals surface area contributed by atoms with E-state index in [-0.39, 0.29) is 23.4 Å². The average Bonchev–Trinajstić information content (AvgIpc) is 2.78. The van der Waals surface area contributed by atoms with Gasteiger partial charge in [-0.1, -0.05) is 78.9 Å². The van der Waals surface area contributed by atoms with Crippen molar-refractivity contribution in [1.29, 1.82) is 0 Å². The van der Waals surface area contributed by atoms with E-state index in [0.29, 0.717) is 0 Å². The van der Waals surface area contributed by atoms with Gasteiger partial charge >= 0.3 is 0 Å². The number of rotatable bonds is 9. The number of likely N-dealkylation sites (N-methyl/N-ethyl adjacent to an activating group) is 1. The van der Waals surface area contributed by atoms with Crippen molar-refractivity contribution in [2.24, 2.45) is 0 Å². The number of sulfonamides is 1. The molecule has 1 amide bonds. The normalized spacial score (nSPS) is 12.5. The Kier molecular flexibility index (Phi) is 7.38. The van der Waals surface area contributed by atoms with Crippen LogP contribution in [0.15, 0.2) is 95.9 Å². The van der Waals surface area contributed by atoms with E-state index in [1.54, 1.807) is 18.2 Å². The molecule has 0 aliphatic carbocycles. The van der Waals surface area contributed by atoms with E-state index in [0.717, 1.165) is 22.7 Å². The van der Waals surface area contributed by atoms with E-state index in [1.165, 1.54) is 24.7 Å². The number of hydrogen-bond donors (Lipinski definition) is 1. The highest BCUT2D eigenvalue weighted by Crippen LogP contribution is 2.20. The van der Waals surface area contributed by atoms with Crippen LogP contribution in [-0.4, -0.2) is 32.2 Å². The second kappa shape index (κ2) is 10.2. The van der Waals surface area contributed by atoms with Crippen molar-refractivity contribution in [2.45, 2.75) is 23.8 Å². The Balaban J connectivity index is 1.68. The summed E-state index contributed by atoms with van der Waals surface area (Å²) < 4.78 is 26.4. The number of amides is 1. The van der Waals surface area contributed by atoms with E-state index in [4.69, 9.17) is 0 Å². The largest absolute Gasteiger partial charge is 0.348 e. The highest BCUT2D eigenvalue weighted by molar-refractivity contribution is 7.89. The van der Waals surface area contributed by atoms with Crippen LogP contribution in [0.1, 0.15) is 23.6 Å². The van der Waals surface area contributed by atoms with Crippen LogP contribution in [0.2, 0.25) is 0 Å². The molecule has 0 aliphatic rings. The molecule has 30 heavy (non-hydrogen) atoms. The molecule has 0 spiro atoms. The summed E-state index contributed by atoms with van der Waals surface area (Å²) >= 11 is 0. The van der Waals surface area contributed by atoms with Gasteiger partial charge in [0.2, 0.25) is 15.9 Å². The topological polar surface area (TPSA) is 66.5 Å². The lowest BCUT2D eigenvalue weighted by Gasteiger charge is -2.22. The van der Waals surface area contributed by atoms with E-state index in [9.17, 15) is 13.2 Å². The van der Waals surface area contributed by atoms with Crippen LogP contribution in [-0.2, 0) is 21.2 Å². The van der Waals surface area contributed by atoms with Gasteiger partial charge in [0, 0.05) is 7.05 Å². The molecule has 5 nitrogen and oxygen atoms in total. The summed E-state index contributed by atoms with van der Waals surface area (Å²) in [6.07, 6.45) is 1.52. The van der Waals surface area contributed by atoms with Crippen molar-refractivity contribution in [3.8, 4) is 0 Å². The molecule has 3 rings (SSSR count). The van der Waals surface area contributed by atoms with Gasteiger partial charge in [-0.3, -0.25) is 4.79 Å². The zero-order valence-electron chi connectivity index (χ0n) is 16.9. The van der Waals surface area contributed by atoms with Gasteiger partial charge in [0.15, 0.2) is 0 Å². The van der Waals surface area contributed by atoms with Crippen LogP contribution < -0.4 is 5.32 Å². The first-order valence-electron chi connectivity index (χ1n) is 9.86. The molecule has 0 aliphatic heterocycles. The van der Waals surface area contributed by atoms with Gasteiger partial charge in [0.25, 0.3) is 0 Å². The van der Waals surface area contributed by atoms with Crippen LogP contribution in [0.5, 0.6) is 0 Å². The third kappa shape index (κ3) is 5.78. The van der Waals surface area contributed by atoms with Crippen LogP contribution >= 0.6 is 0 Å². The van der Waals surface area contributed by atoms with Crippen LogP contribution in [0.4, 0.5) is 0 Å². The molecule has 1 unspecified atom stereocenters. The Morgan fingerprint density at radius 2 is 1.40 bits per heavy atom. The Morgan fingerprint density at radius 1 is 0.867 bits per heavy atom. The first-order valence-corrected chi connectivity index (χ1v) is 11.3. The fourth-order valence-corrected chi connectivity index (χ4v) is 4.41. The van der Waals surface area contributed by atoms with Gasteiger partial charge in [-0.15, -0.1) is 0 Å². The molecule has 1 atom stereocenters. The van der Waals surface area contributed by atoms with E-state index in [2.05, 4.69) is 17.4 Å². The Hall–Kier alpha value is -2.96. The highest BCUT2D eigenvalue weighted by Gasteiger charge is 2.24. The summed E-state index contributed by atoms with van der Waals surface area (Å²) in [5.74, 6) is -0.334. The molecule has 0 saturated carbocycles. The number of benzene rings is 3. The first kappa shape index (κ1) is 21.7. The number of aryl methyl sites for hydroxylation is 1. The molecule has 156 valence electrons. The van der Waals surface area contributed by atoms with Gasteiger partial charge < -0.3 is 5.32 Å². The van der Waals surface area contributed by atoms with Crippen molar-refractivity contribution in [3.05, 3.63) is 102 Å². The summed E-state index contributed by atoms with van der Waals surface area (Å²) in [5.41, 5.74) is 2.19. The van der Waals surface area contributed by atoms with E-state index >= 15 is 0 Å². The minimum atomic E-state index is -3.72. The number of nitrogens with zero attached hydrogens (tertiary/aromatic N) is 1. The van der Waals surface area contributed by atoms with Gasteiger partial charge in [-0.05, 0) is 36.1 Å². The lowest BCUT2D eigenvalue weighted by atomic mass is 9.99.